The molecule has 3 rings (SSSR count). The molecule has 1 N–H and O–H groups in total. The Balaban J connectivity index is 1.97. The minimum absolute atomic E-state index is 0.294. The van der Waals surface area contributed by atoms with Crippen LogP contribution in [0.3, 0.4) is 0 Å². The van der Waals surface area contributed by atoms with Crippen LogP contribution in [0.25, 0.3) is 4.91 Å². The number of nitrogens with one attached hydrogen (secondary N) is 1. The second kappa shape index (κ2) is 7.56. The van der Waals surface area contributed by atoms with Crippen molar-refractivity contribution < 1.29 is 13.2 Å². The molecule has 0 fully saturated rings. The molecule has 0 radical (unpaired) electrons. The van der Waals surface area contributed by atoms with Crippen molar-refractivity contribution in [1.29, 1.82) is 0 Å². The van der Waals surface area contributed by atoms with E-state index in [4.69, 9.17) is 4.74 Å². The molecule has 6 heteroatoms. The van der Waals surface area contributed by atoms with Crippen molar-refractivity contribution >= 4 is 20.8 Å². The van der Waals surface area contributed by atoms with Gasteiger partial charge in [0.15, 0.2) is 0 Å². The molecule has 0 saturated carbocycles. The molecule has 0 spiro atoms. The van der Waals surface area contributed by atoms with Gasteiger partial charge in [-0.05, 0) is 50.5 Å². The van der Waals surface area contributed by atoms with Gasteiger partial charge in [-0.2, -0.15) is 0 Å². The van der Waals surface area contributed by atoms with E-state index in [-0.39, 0.29) is 0 Å². The third-order valence-electron chi connectivity index (χ3n) is 4.64. The van der Waals surface area contributed by atoms with Crippen LogP contribution < -0.4 is 9.46 Å². The maximum atomic E-state index is 12.7. The van der Waals surface area contributed by atoms with E-state index in [2.05, 4.69) is 9.71 Å². The minimum atomic E-state index is -3.63. The van der Waals surface area contributed by atoms with E-state index in [1.807, 2.05) is 63.2 Å². The quantitative estimate of drug-likeness (QED) is 0.848. The van der Waals surface area contributed by atoms with E-state index < -0.39 is 10.0 Å². The lowest BCUT2D eigenvalue weighted by molar-refractivity contribution is 0.336. The fraction of sp³-hybridized carbons (Fsp3) is 0.286. The summed E-state index contributed by atoms with van der Waals surface area (Å²) in [7, 11) is -3.63. The van der Waals surface area contributed by atoms with E-state index in [9.17, 15) is 8.42 Å². The number of sulfonamides is 1. The average molecular weight is 385 g/mol. The highest BCUT2D eigenvalue weighted by Crippen LogP contribution is 2.31. The monoisotopic (exact) mass is 384 g/mol. The Bertz CT molecular complexity index is 1040. The summed E-state index contributed by atoms with van der Waals surface area (Å²) >= 11 is 0. The Morgan fingerprint density at radius 1 is 1.04 bits per heavy atom. The van der Waals surface area contributed by atoms with Crippen molar-refractivity contribution in [2.75, 3.05) is 6.61 Å². The summed E-state index contributed by atoms with van der Waals surface area (Å²) in [5.41, 5.74) is 4.41. The Labute approximate surface area is 160 Å². The molecule has 0 aliphatic carbocycles. The molecule has 0 aromatic heterocycles. The van der Waals surface area contributed by atoms with Crippen LogP contribution in [0.4, 0.5) is 0 Å². The number of hydrogen-bond donors (Lipinski definition) is 1. The predicted octanol–water partition coefficient (Wildman–Crippen LogP) is 3.96. The average Bonchev–Trinajstić information content (AvgIpc) is 2.85. The zero-order valence-corrected chi connectivity index (χ0v) is 16.9. The van der Waals surface area contributed by atoms with Crippen molar-refractivity contribution in [3.05, 3.63) is 70.3 Å². The Hall–Kier alpha value is -2.60. The van der Waals surface area contributed by atoms with Gasteiger partial charge in [0.05, 0.1) is 13.2 Å². The van der Waals surface area contributed by atoms with Gasteiger partial charge in [0.1, 0.15) is 16.5 Å². The second-order valence-electron chi connectivity index (χ2n) is 6.56. The normalized spacial score (nSPS) is 17.3. The molecule has 0 amide bonds. The van der Waals surface area contributed by atoms with Gasteiger partial charge in [-0.25, -0.2) is 8.42 Å². The highest BCUT2D eigenvalue weighted by Gasteiger charge is 2.32. The van der Waals surface area contributed by atoms with Crippen LogP contribution in [0.1, 0.15) is 36.1 Å². The lowest BCUT2D eigenvalue weighted by atomic mass is 10.0. The molecule has 27 heavy (non-hydrogen) atoms. The van der Waals surface area contributed by atoms with E-state index in [0.29, 0.717) is 35.0 Å². The highest BCUT2D eigenvalue weighted by molar-refractivity contribution is 8.00. The lowest BCUT2D eigenvalue weighted by Crippen LogP contribution is -2.23. The molecule has 1 heterocycles. The van der Waals surface area contributed by atoms with Crippen molar-refractivity contribution in [2.45, 2.75) is 34.2 Å². The maximum Gasteiger partial charge on any atom is 0.264 e. The molecule has 0 bridgehead atoms. The van der Waals surface area contributed by atoms with E-state index >= 15 is 0 Å². The summed E-state index contributed by atoms with van der Waals surface area (Å²) < 4.78 is 33.6. The third kappa shape index (κ3) is 3.90. The van der Waals surface area contributed by atoms with Crippen LogP contribution >= 0.6 is 0 Å². The molecule has 1 aliphatic rings. The maximum absolute atomic E-state index is 12.7. The Morgan fingerprint density at radius 3 is 2.48 bits per heavy atom. The first-order valence-electron chi connectivity index (χ1n) is 8.90. The van der Waals surface area contributed by atoms with Crippen molar-refractivity contribution in [1.82, 2.24) is 4.72 Å². The predicted molar refractivity (Wildman–Crippen MR) is 109 cm³/mol. The van der Waals surface area contributed by atoms with Crippen LogP contribution in [0, 0.1) is 13.8 Å². The van der Waals surface area contributed by atoms with Crippen LogP contribution in [-0.4, -0.2) is 20.9 Å². The number of aliphatic imine (C=N–C) groups is 1. The van der Waals surface area contributed by atoms with E-state index in [0.717, 1.165) is 22.4 Å². The smallest absolute Gasteiger partial charge is 0.264 e. The fourth-order valence-electron chi connectivity index (χ4n) is 3.06. The first-order chi connectivity index (χ1) is 12.8. The van der Waals surface area contributed by atoms with Crippen molar-refractivity contribution in [3.63, 3.8) is 0 Å². The minimum Gasteiger partial charge on any atom is -0.494 e. The summed E-state index contributed by atoms with van der Waals surface area (Å²) in [6, 6.07) is 13.3. The van der Waals surface area contributed by atoms with Gasteiger partial charge in [-0.3, -0.25) is 9.71 Å². The van der Waals surface area contributed by atoms with Gasteiger partial charge in [0.25, 0.3) is 10.0 Å². The summed E-state index contributed by atoms with van der Waals surface area (Å²) in [5, 5.41) is 0. The summed E-state index contributed by atoms with van der Waals surface area (Å²) in [5.74, 6) is 1.15. The van der Waals surface area contributed by atoms with Gasteiger partial charge in [-0.15, -0.1) is 0 Å². The number of rotatable bonds is 5. The molecule has 2 aromatic rings. The summed E-state index contributed by atoms with van der Waals surface area (Å²) in [4.78, 5) is 4.81. The van der Waals surface area contributed by atoms with Gasteiger partial charge in [0.2, 0.25) is 0 Å². The first-order valence-corrected chi connectivity index (χ1v) is 10.4. The molecule has 0 atom stereocenters. The number of benzene rings is 2. The topological polar surface area (TPSA) is 67.8 Å². The van der Waals surface area contributed by atoms with Gasteiger partial charge in [0, 0.05) is 11.1 Å². The van der Waals surface area contributed by atoms with Gasteiger partial charge >= 0.3 is 0 Å². The zero-order valence-electron chi connectivity index (χ0n) is 16.0. The van der Waals surface area contributed by atoms with E-state index in [1.165, 1.54) is 0 Å². The molecule has 142 valence electrons. The zero-order chi connectivity index (χ0) is 19.6. The number of para-hydroxylation sites is 1. The van der Waals surface area contributed by atoms with Crippen molar-refractivity contribution in [2.24, 2.45) is 4.99 Å². The number of amidine groups is 1. The largest absolute Gasteiger partial charge is 0.494 e. The number of aryl methyl sites for hydroxylation is 2. The van der Waals surface area contributed by atoms with Crippen LogP contribution in [0.2, 0.25) is 0 Å². The number of hydrogen-bond acceptors (Lipinski definition) is 4. The van der Waals surface area contributed by atoms with Crippen LogP contribution in [0.15, 0.2) is 53.0 Å². The summed E-state index contributed by atoms with van der Waals surface area (Å²) in [6.07, 6.45) is 0. The fourth-order valence-corrected chi connectivity index (χ4v) is 4.58. The number of nitrogens with zero attached hydrogens (tertiary/aromatic N) is 1. The molecule has 5 nitrogen and oxygen atoms in total. The SMILES string of the molecule is CCOc1ccccc1CN=C1NS(=O)(=O)C(c2ccc(C)c(C)c2)=C1C. The molecule has 0 saturated heterocycles. The molecule has 2 aromatic carbocycles. The highest BCUT2D eigenvalue weighted by atomic mass is 32.2. The van der Waals surface area contributed by atoms with Crippen LogP contribution in [0.5, 0.6) is 5.75 Å². The molecule has 0 unspecified atom stereocenters. The number of ether oxygens (including phenoxy) is 1. The first kappa shape index (κ1) is 19.2. The summed E-state index contributed by atoms with van der Waals surface area (Å²) in [6.45, 7) is 8.60. The van der Waals surface area contributed by atoms with E-state index in [1.54, 1.807) is 6.92 Å². The molecule has 1 aliphatic heterocycles. The molecular formula is C21H24N2O3S. The second-order valence-corrected chi connectivity index (χ2v) is 8.18. The standard InChI is InChI=1S/C21H24N2O3S/c1-5-26-19-9-7-6-8-18(19)13-22-21-16(4)20(27(24,25)23-21)17-11-10-14(2)15(3)12-17/h6-12H,5,13H2,1-4H3,(H,22,23). The Morgan fingerprint density at radius 2 is 1.78 bits per heavy atom. The lowest BCUT2D eigenvalue weighted by Gasteiger charge is -2.08. The Kier molecular flexibility index (Phi) is 5.37. The van der Waals surface area contributed by atoms with Gasteiger partial charge < -0.3 is 4.74 Å². The molecular weight excluding hydrogens is 360 g/mol. The third-order valence-corrected chi connectivity index (χ3v) is 6.19. The van der Waals surface area contributed by atoms with Crippen LogP contribution in [-0.2, 0) is 16.6 Å². The van der Waals surface area contributed by atoms with Crippen molar-refractivity contribution in [3.8, 4) is 5.75 Å². The van der Waals surface area contributed by atoms with Gasteiger partial charge in [-0.1, -0.05) is 36.4 Å².